The molecule has 0 aliphatic heterocycles. The van der Waals surface area contributed by atoms with E-state index in [1.165, 1.54) is 13.8 Å². The molecular formula is C6H14N2O4S2. The lowest BCUT2D eigenvalue weighted by atomic mass is 10.8. The summed E-state index contributed by atoms with van der Waals surface area (Å²) in [5.74, 6) is 0. The van der Waals surface area contributed by atoms with Gasteiger partial charge in [0.1, 0.15) is 0 Å². The van der Waals surface area contributed by atoms with E-state index in [0.717, 1.165) is 0 Å². The van der Waals surface area contributed by atoms with E-state index in [4.69, 9.17) is 21.7 Å². The van der Waals surface area contributed by atoms with Crippen molar-refractivity contribution in [3.63, 3.8) is 0 Å². The number of aliphatic hydroxyl groups excluding tert-OH is 2. The summed E-state index contributed by atoms with van der Waals surface area (Å²) in [6, 6.07) is 0. The third-order valence-electron chi connectivity index (χ3n) is 0.573. The first-order valence-electron chi connectivity index (χ1n) is 3.54. The van der Waals surface area contributed by atoms with E-state index in [1.54, 1.807) is 0 Å². The minimum Gasteiger partial charge on any atom is -0.442 e. The molecule has 0 amide bonds. The van der Waals surface area contributed by atoms with Gasteiger partial charge in [0.2, 0.25) is 0 Å². The molecule has 0 aliphatic rings. The highest BCUT2D eigenvalue weighted by atomic mass is 32.1. The van der Waals surface area contributed by atoms with E-state index in [2.05, 4.69) is 33.9 Å². The average molecular weight is 242 g/mol. The van der Waals surface area contributed by atoms with E-state index in [0.29, 0.717) is 0 Å². The van der Waals surface area contributed by atoms with Crippen molar-refractivity contribution in [2.24, 2.45) is 11.5 Å². The fourth-order valence-electron chi connectivity index (χ4n) is 0.336. The largest absolute Gasteiger partial charge is 0.442 e. The Morgan fingerprint density at radius 1 is 1.00 bits per heavy atom. The summed E-state index contributed by atoms with van der Waals surface area (Å²) in [6.45, 7) is 2.86. The van der Waals surface area contributed by atoms with E-state index in [-0.39, 0.29) is 10.3 Å². The van der Waals surface area contributed by atoms with Gasteiger partial charge in [-0.3, -0.25) is 0 Å². The van der Waals surface area contributed by atoms with Crippen LogP contribution in [-0.2, 0) is 9.47 Å². The van der Waals surface area contributed by atoms with Gasteiger partial charge in [-0.25, -0.2) is 0 Å². The first kappa shape index (κ1) is 15.8. The highest BCUT2D eigenvalue weighted by molar-refractivity contribution is 7.80. The summed E-state index contributed by atoms with van der Waals surface area (Å²) in [4.78, 5) is 0. The van der Waals surface area contributed by atoms with Crippen LogP contribution in [0, 0.1) is 0 Å². The second-order valence-electron chi connectivity index (χ2n) is 2.07. The molecular weight excluding hydrogens is 228 g/mol. The monoisotopic (exact) mass is 242 g/mol. The zero-order valence-corrected chi connectivity index (χ0v) is 9.47. The molecule has 0 aromatic heterocycles. The molecule has 0 spiro atoms. The minimum atomic E-state index is -0.891. The molecule has 0 bridgehead atoms. The number of ether oxygens (including phenoxy) is 2. The van der Waals surface area contributed by atoms with Crippen LogP contribution < -0.4 is 11.5 Å². The molecule has 0 radical (unpaired) electrons. The van der Waals surface area contributed by atoms with Crippen LogP contribution in [0.4, 0.5) is 0 Å². The molecule has 6 N–H and O–H groups in total. The number of thiocarbonyl (C=S) groups is 2. The molecule has 0 aromatic rings. The molecule has 0 heterocycles. The van der Waals surface area contributed by atoms with Crippen molar-refractivity contribution in [1.29, 1.82) is 0 Å². The summed E-state index contributed by atoms with van der Waals surface area (Å²) >= 11 is 8.53. The Balaban J connectivity index is 0. The van der Waals surface area contributed by atoms with Crippen LogP contribution in [0.1, 0.15) is 13.8 Å². The van der Waals surface area contributed by atoms with Gasteiger partial charge in [-0.15, -0.1) is 0 Å². The Morgan fingerprint density at radius 2 is 1.21 bits per heavy atom. The Morgan fingerprint density at radius 3 is 1.21 bits per heavy atom. The molecule has 0 fully saturated rings. The maximum atomic E-state index is 8.33. The average Bonchev–Trinajstić information content (AvgIpc) is 1.79. The lowest BCUT2D eigenvalue weighted by molar-refractivity contribution is -0.00979. The molecule has 8 heteroatoms. The van der Waals surface area contributed by atoms with Crippen molar-refractivity contribution >= 4 is 34.8 Å². The van der Waals surface area contributed by atoms with Crippen LogP contribution in [-0.4, -0.2) is 33.1 Å². The van der Waals surface area contributed by atoms with Gasteiger partial charge in [0.15, 0.2) is 12.6 Å². The summed E-state index contributed by atoms with van der Waals surface area (Å²) < 4.78 is 8.63. The molecule has 0 saturated carbocycles. The van der Waals surface area contributed by atoms with Crippen LogP contribution in [0.15, 0.2) is 0 Å². The van der Waals surface area contributed by atoms with Crippen LogP contribution in [0.2, 0.25) is 0 Å². The van der Waals surface area contributed by atoms with E-state index >= 15 is 0 Å². The second-order valence-corrected chi connectivity index (χ2v) is 2.88. The summed E-state index contributed by atoms with van der Waals surface area (Å²) in [7, 11) is 0. The minimum absolute atomic E-state index is 0.130. The van der Waals surface area contributed by atoms with Gasteiger partial charge in [-0.05, 0) is 38.3 Å². The molecule has 0 rings (SSSR count). The van der Waals surface area contributed by atoms with Gasteiger partial charge in [-0.1, -0.05) is 0 Å². The fraction of sp³-hybridized carbons (Fsp3) is 0.667. The summed E-state index contributed by atoms with van der Waals surface area (Å²) in [5, 5.41) is 16.4. The second kappa shape index (κ2) is 8.88. The van der Waals surface area contributed by atoms with Crippen molar-refractivity contribution in [1.82, 2.24) is 0 Å². The molecule has 2 unspecified atom stereocenters. The fourth-order valence-corrected chi connectivity index (χ4v) is 0.615. The van der Waals surface area contributed by atoms with Crippen molar-refractivity contribution in [3.05, 3.63) is 0 Å². The van der Waals surface area contributed by atoms with Gasteiger partial charge in [0.05, 0.1) is 0 Å². The van der Waals surface area contributed by atoms with Gasteiger partial charge in [-0.2, -0.15) is 0 Å². The first-order valence-corrected chi connectivity index (χ1v) is 4.35. The number of hydrogen-bond donors (Lipinski definition) is 4. The normalized spacial score (nSPS) is 12.9. The number of rotatable bonds is 2. The zero-order valence-electron chi connectivity index (χ0n) is 7.84. The Hall–Kier alpha value is -0.700. The Labute approximate surface area is 92.8 Å². The molecule has 0 saturated heterocycles. The van der Waals surface area contributed by atoms with Crippen LogP contribution in [0.3, 0.4) is 0 Å². The van der Waals surface area contributed by atoms with Crippen LogP contribution >= 0.6 is 24.4 Å². The van der Waals surface area contributed by atoms with Crippen molar-refractivity contribution < 1.29 is 19.7 Å². The predicted octanol–water partition coefficient (Wildman–Crippen LogP) is -0.830. The van der Waals surface area contributed by atoms with E-state index in [1.807, 2.05) is 0 Å². The molecule has 2 atom stereocenters. The van der Waals surface area contributed by atoms with Crippen molar-refractivity contribution in [2.75, 3.05) is 0 Å². The van der Waals surface area contributed by atoms with Gasteiger partial charge in [0, 0.05) is 0 Å². The number of nitrogens with two attached hydrogens (primary N) is 2. The first-order chi connectivity index (χ1) is 6.25. The lowest BCUT2D eigenvalue weighted by Crippen LogP contribution is -2.19. The summed E-state index contributed by atoms with van der Waals surface area (Å²) in [5.41, 5.74) is 9.69. The van der Waals surface area contributed by atoms with Crippen molar-refractivity contribution in [3.8, 4) is 0 Å². The zero-order chi connectivity index (χ0) is 11.7. The van der Waals surface area contributed by atoms with Crippen LogP contribution in [0.5, 0.6) is 0 Å². The SMILES string of the molecule is CC(O)OC(N)=S.CC(O)OC(N)=S. The van der Waals surface area contributed by atoms with E-state index < -0.39 is 12.6 Å². The summed E-state index contributed by atoms with van der Waals surface area (Å²) in [6.07, 6.45) is -1.78. The number of aliphatic hydroxyl groups is 2. The molecule has 0 aliphatic carbocycles. The molecule has 14 heavy (non-hydrogen) atoms. The third-order valence-corrected chi connectivity index (χ3v) is 0.766. The maximum Gasteiger partial charge on any atom is 0.256 e. The lowest BCUT2D eigenvalue weighted by Gasteiger charge is -2.03. The number of hydrogen-bond acceptors (Lipinski definition) is 6. The smallest absolute Gasteiger partial charge is 0.256 e. The van der Waals surface area contributed by atoms with Gasteiger partial charge >= 0.3 is 0 Å². The predicted molar refractivity (Wildman–Crippen MR) is 59.1 cm³/mol. The standard InChI is InChI=1S/2C3H7NO2S/c2*1-2(5)6-3(4)7/h2*2,5H,1H3,(H2,4,7). The molecule has 6 nitrogen and oxygen atoms in total. The van der Waals surface area contributed by atoms with Gasteiger partial charge < -0.3 is 31.2 Å². The highest BCUT2D eigenvalue weighted by Crippen LogP contribution is 1.81. The quantitative estimate of drug-likeness (QED) is 0.367. The third kappa shape index (κ3) is 22.5. The molecule has 0 aromatic carbocycles. The van der Waals surface area contributed by atoms with Gasteiger partial charge in [0.25, 0.3) is 10.3 Å². The molecule has 84 valence electrons. The Kier molecular flexibility index (Phi) is 9.99. The Bertz CT molecular complexity index is 167. The highest BCUT2D eigenvalue weighted by Gasteiger charge is 1.92. The van der Waals surface area contributed by atoms with Crippen LogP contribution in [0.25, 0.3) is 0 Å². The van der Waals surface area contributed by atoms with E-state index in [9.17, 15) is 0 Å². The maximum absolute atomic E-state index is 8.33. The topological polar surface area (TPSA) is 111 Å². The van der Waals surface area contributed by atoms with Crippen molar-refractivity contribution in [2.45, 2.75) is 26.4 Å².